The largest absolute Gasteiger partial charge is 0.423 e. The molecule has 0 fully saturated rings. The fourth-order valence-corrected chi connectivity index (χ4v) is 3.08. The van der Waals surface area contributed by atoms with Gasteiger partial charge in [0.1, 0.15) is 0 Å². The predicted octanol–water partition coefficient (Wildman–Crippen LogP) is 3.63. The molecule has 1 heterocycles. The van der Waals surface area contributed by atoms with E-state index in [-0.39, 0.29) is 5.56 Å². The van der Waals surface area contributed by atoms with Crippen molar-refractivity contribution < 1.29 is 18.3 Å². The highest BCUT2D eigenvalue weighted by molar-refractivity contribution is 5.64. The van der Waals surface area contributed by atoms with E-state index in [0.717, 1.165) is 0 Å². The van der Waals surface area contributed by atoms with Gasteiger partial charge < -0.3 is 10.0 Å². The lowest BCUT2D eigenvalue weighted by atomic mass is 9.85. The van der Waals surface area contributed by atoms with Crippen molar-refractivity contribution in [1.82, 2.24) is 0 Å². The van der Waals surface area contributed by atoms with Crippen LogP contribution in [-0.2, 0) is 5.60 Å². The van der Waals surface area contributed by atoms with E-state index >= 15 is 0 Å². The van der Waals surface area contributed by atoms with Crippen LogP contribution in [0.1, 0.15) is 17.2 Å². The van der Waals surface area contributed by atoms with Gasteiger partial charge in [0.25, 0.3) is 0 Å². The standard InChI is InChI=1S/C16H14F3NO/c1-20-13-10-6-5-9-12(13)15(21,16(17,18)19)14(20)11-7-3-2-4-8-11/h2-10,14,21H,1H3/t14-,15-/m0/s1. The summed E-state index contributed by atoms with van der Waals surface area (Å²) in [6.07, 6.45) is -4.77. The van der Waals surface area contributed by atoms with Crippen LogP contribution in [0.3, 0.4) is 0 Å². The molecule has 2 nitrogen and oxygen atoms in total. The Morgan fingerprint density at radius 2 is 1.57 bits per heavy atom. The number of anilines is 1. The van der Waals surface area contributed by atoms with E-state index in [1.54, 1.807) is 49.5 Å². The smallest absolute Gasteiger partial charge is 0.374 e. The molecule has 2 aromatic carbocycles. The van der Waals surface area contributed by atoms with Gasteiger partial charge in [-0.25, -0.2) is 0 Å². The molecule has 5 heteroatoms. The van der Waals surface area contributed by atoms with E-state index in [2.05, 4.69) is 0 Å². The lowest BCUT2D eigenvalue weighted by molar-refractivity contribution is -0.272. The van der Waals surface area contributed by atoms with Crippen LogP contribution < -0.4 is 4.90 Å². The summed E-state index contributed by atoms with van der Waals surface area (Å²) in [5.74, 6) is 0. The fourth-order valence-electron chi connectivity index (χ4n) is 3.08. The number of rotatable bonds is 1. The number of nitrogens with zero attached hydrogens (tertiary/aromatic N) is 1. The molecule has 1 N–H and O–H groups in total. The van der Waals surface area contributed by atoms with Gasteiger partial charge in [-0.05, 0) is 11.6 Å². The quantitative estimate of drug-likeness (QED) is 0.868. The maximum absolute atomic E-state index is 13.7. The summed E-state index contributed by atoms with van der Waals surface area (Å²) in [6, 6.07) is 13.2. The monoisotopic (exact) mass is 293 g/mol. The zero-order chi connectivity index (χ0) is 15.3. The highest BCUT2D eigenvalue weighted by Crippen LogP contribution is 2.57. The molecule has 0 radical (unpaired) electrons. The van der Waals surface area contributed by atoms with Crippen molar-refractivity contribution in [3.63, 3.8) is 0 Å². The second-order valence-electron chi connectivity index (χ2n) is 5.21. The third-order valence-electron chi connectivity index (χ3n) is 4.03. The molecular weight excluding hydrogens is 279 g/mol. The van der Waals surface area contributed by atoms with Crippen LogP contribution in [0.4, 0.5) is 18.9 Å². The topological polar surface area (TPSA) is 23.5 Å². The minimum absolute atomic E-state index is 0.103. The second kappa shape index (κ2) is 4.49. The second-order valence-corrected chi connectivity index (χ2v) is 5.21. The van der Waals surface area contributed by atoms with Gasteiger partial charge in [0.2, 0.25) is 5.60 Å². The van der Waals surface area contributed by atoms with Crippen LogP contribution in [0.2, 0.25) is 0 Å². The number of alkyl halides is 3. The highest BCUT2D eigenvalue weighted by Gasteiger charge is 2.65. The Kier molecular flexibility index (Phi) is 2.99. The molecule has 110 valence electrons. The minimum Gasteiger partial charge on any atom is -0.374 e. The number of halogens is 3. The van der Waals surface area contributed by atoms with Gasteiger partial charge in [0.15, 0.2) is 0 Å². The molecule has 2 aromatic rings. The van der Waals surface area contributed by atoms with Crippen molar-refractivity contribution in [1.29, 1.82) is 0 Å². The van der Waals surface area contributed by atoms with E-state index in [4.69, 9.17) is 0 Å². The molecule has 0 aromatic heterocycles. The number of aliphatic hydroxyl groups is 1. The maximum Gasteiger partial charge on any atom is 0.423 e. The molecular formula is C16H14F3NO. The van der Waals surface area contributed by atoms with Crippen LogP contribution in [0.25, 0.3) is 0 Å². The van der Waals surface area contributed by atoms with Crippen molar-refractivity contribution in [3.8, 4) is 0 Å². The number of para-hydroxylation sites is 1. The Hall–Kier alpha value is -2.01. The molecule has 0 amide bonds. The Labute approximate surface area is 120 Å². The molecule has 0 spiro atoms. The van der Waals surface area contributed by atoms with Gasteiger partial charge in [-0.3, -0.25) is 0 Å². The number of fused-ring (bicyclic) bond motifs is 1. The molecule has 0 unspecified atom stereocenters. The van der Waals surface area contributed by atoms with Crippen LogP contribution in [0.15, 0.2) is 54.6 Å². The first-order valence-corrected chi connectivity index (χ1v) is 6.53. The summed E-state index contributed by atoms with van der Waals surface area (Å²) in [4.78, 5) is 1.48. The van der Waals surface area contributed by atoms with Gasteiger partial charge in [-0.15, -0.1) is 0 Å². The van der Waals surface area contributed by atoms with Gasteiger partial charge in [-0.2, -0.15) is 13.2 Å². The predicted molar refractivity (Wildman–Crippen MR) is 74.0 cm³/mol. The van der Waals surface area contributed by atoms with Gasteiger partial charge in [0, 0.05) is 18.3 Å². The van der Waals surface area contributed by atoms with Crippen molar-refractivity contribution in [3.05, 3.63) is 65.7 Å². The van der Waals surface area contributed by atoms with Gasteiger partial charge in [0.05, 0.1) is 6.04 Å². The summed E-state index contributed by atoms with van der Waals surface area (Å²) in [6.45, 7) is 0. The molecule has 3 rings (SSSR count). The van der Waals surface area contributed by atoms with E-state index < -0.39 is 17.8 Å². The SMILES string of the molecule is CN1c2ccccc2[C@@](O)(C(F)(F)F)[C@@H]1c1ccccc1. The molecule has 21 heavy (non-hydrogen) atoms. The third kappa shape index (κ3) is 1.84. The van der Waals surface area contributed by atoms with Crippen LogP contribution in [0.5, 0.6) is 0 Å². The molecule has 0 bridgehead atoms. The third-order valence-corrected chi connectivity index (χ3v) is 4.03. The fraction of sp³-hybridized carbons (Fsp3) is 0.250. The normalized spacial score (nSPS) is 25.0. The lowest BCUT2D eigenvalue weighted by Crippen LogP contribution is -2.47. The molecule has 1 aliphatic rings. The van der Waals surface area contributed by atoms with Gasteiger partial charge in [-0.1, -0.05) is 48.5 Å². The summed E-state index contributed by atoms with van der Waals surface area (Å²) in [7, 11) is 1.57. The first-order chi connectivity index (χ1) is 9.87. The Balaban J connectivity index is 2.25. The Morgan fingerprint density at radius 1 is 1.00 bits per heavy atom. The molecule has 0 aliphatic carbocycles. The Morgan fingerprint density at radius 3 is 2.19 bits per heavy atom. The summed E-state index contributed by atoms with van der Waals surface area (Å²) in [5, 5.41) is 10.6. The summed E-state index contributed by atoms with van der Waals surface area (Å²) < 4.78 is 41.0. The number of likely N-dealkylation sites (N-methyl/N-ethyl adjacent to an activating group) is 1. The molecule has 0 saturated heterocycles. The van der Waals surface area contributed by atoms with Crippen molar-refractivity contribution in [2.75, 3.05) is 11.9 Å². The number of hydrogen-bond donors (Lipinski definition) is 1. The first kappa shape index (κ1) is 13.9. The van der Waals surface area contributed by atoms with Gasteiger partial charge >= 0.3 is 6.18 Å². The van der Waals surface area contributed by atoms with Crippen molar-refractivity contribution in [2.45, 2.75) is 17.8 Å². The zero-order valence-corrected chi connectivity index (χ0v) is 11.3. The average molecular weight is 293 g/mol. The van der Waals surface area contributed by atoms with Crippen LogP contribution >= 0.6 is 0 Å². The minimum atomic E-state index is -4.77. The number of benzene rings is 2. The maximum atomic E-state index is 13.7. The highest BCUT2D eigenvalue weighted by atomic mass is 19.4. The van der Waals surface area contributed by atoms with E-state index in [1.165, 1.54) is 17.0 Å². The average Bonchev–Trinajstić information content (AvgIpc) is 2.70. The van der Waals surface area contributed by atoms with Crippen LogP contribution in [0, 0.1) is 0 Å². The zero-order valence-electron chi connectivity index (χ0n) is 11.3. The summed E-state index contributed by atoms with van der Waals surface area (Å²) >= 11 is 0. The van der Waals surface area contributed by atoms with Crippen molar-refractivity contribution in [2.24, 2.45) is 0 Å². The van der Waals surface area contributed by atoms with Crippen LogP contribution in [-0.4, -0.2) is 18.3 Å². The molecule has 1 aliphatic heterocycles. The van der Waals surface area contributed by atoms with E-state index in [0.29, 0.717) is 11.3 Å². The summed E-state index contributed by atoms with van der Waals surface area (Å²) in [5.41, 5.74) is -2.20. The number of hydrogen-bond acceptors (Lipinski definition) is 2. The first-order valence-electron chi connectivity index (χ1n) is 6.53. The molecule has 2 atom stereocenters. The van der Waals surface area contributed by atoms with E-state index in [1.807, 2.05) is 0 Å². The Bertz CT molecular complexity index is 656. The lowest BCUT2D eigenvalue weighted by Gasteiger charge is -2.35. The van der Waals surface area contributed by atoms with E-state index in [9.17, 15) is 18.3 Å². The molecule has 0 saturated carbocycles. The van der Waals surface area contributed by atoms with Crippen molar-refractivity contribution >= 4 is 5.69 Å².